The third-order valence-electron chi connectivity index (χ3n) is 5.39. The fraction of sp³-hybridized carbons (Fsp3) is 1.00. The Morgan fingerprint density at radius 3 is 1.11 bits per heavy atom. The van der Waals surface area contributed by atoms with Gasteiger partial charge in [-0.3, -0.25) is 4.84 Å². The predicted octanol–water partition coefficient (Wildman–Crippen LogP) is -3.67. The zero-order chi connectivity index (χ0) is 35.6. The summed E-state index contributed by atoms with van der Waals surface area (Å²) in [6.07, 6.45) is -26.5. The van der Waals surface area contributed by atoms with Gasteiger partial charge in [0.05, 0.1) is 0 Å². The number of ether oxygens (including phenoxy) is 3. The van der Waals surface area contributed by atoms with Crippen LogP contribution in [0.1, 0.15) is 0 Å². The third kappa shape index (κ3) is 10.9. The molecule has 0 amide bonds. The van der Waals surface area contributed by atoms with Gasteiger partial charge in [0, 0.05) is 0 Å². The van der Waals surface area contributed by atoms with Crippen LogP contribution in [0.25, 0.3) is 0 Å². The zero-order valence-corrected chi connectivity index (χ0v) is 21.8. The Kier molecular flexibility index (Phi) is 12.5. The molecule has 2 saturated heterocycles. The molecule has 0 aromatic rings. The fourth-order valence-corrected chi connectivity index (χ4v) is 3.98. The van der Waals surface area contributed by atoms with E-state index in [4.69, 9.17) is 14.2 Å². The van der Waals surface area contributed by atoms with Crippen molar-refractivity contribution in [1.29, 1.82) is 0 Å². The van der Waals surface area contributed by atoms with Gasteiger partial charge in [-0.15, -0.1) is 80.9 Å². The molecule has 35 nitrogen and oxygen atoms in total. The SMILES string of the molecule is O=[N+]([O-])OC[C@@H]1O[C@H](O[N+](=O)[O-])[C@H](O[N+](=O)[O-])[C@H](O[N+](=O)[O-])[C@@H]1O[C@@H]1O[C@H](CO[N+](=O)[O-])[C@@H](O[N+](=O)[O-])[C@@H](O[N+](=O)[O-])[C@H]1O[N+](=O)[O-]. The molecule has 2 fully saturated rings. The van der Waals surface area contributed by atoms with Crippen LogP contribution in [-0.4, -0.2) is 115 Å². The molecule has 264 valence electrons. The predicted molar refractivity (Wildman–Crippen MR) is 116 cm³/mol. The van der Waals surface area contributed by atoms with Crippen LogP contribution in [0.15, 0.2) is 0 Å². The second-order valence-electron chi connectivity index (χ2n) is 8.02. The number of rotatable bonds is 20. The van der Waals surface area contributed by atoms with Gasteiger partial charge in [0.2, 0.25) is 6.29 Å². The van der Waals surface area contributed by atoms with Crippen molar-refractivity contribution >= 4 is 0 Å². The summed E-state index contributed by atoms with van der Waals surface area (Å²) >= 11 is 0. The van der Waals surface area contributed by atoms with Crippen molar-refractivity contribution in [3.05, 3.63) is 80.9 Å². The molecule has 0 aromatic carbocycles. The molecule has 2 heterocycles. The molecule has 0 unspecified atom stereocenters. The van der Waals surface area contributed by atoms with Gasteiger partial charge in [-0.05, 0) is 0 Å². The average Bonchev–Trinajstić information content (AvgIpc) is 2.91. The maximum absolute atomic E-state index is 11.3. The molecule has 2 aliphatic rings. The Morgan fingerprint density at radius 2 is 0.702 bits per heavy atom. The Morgan fingerprint density at radius 1 is 0.383 bits per heavy atom. The van der Waals surface area contributed by atoms with E-state index in [1.807, 2.05) is 0 Å². The summed E-state index contributed by atoms with van der Waals surface area (Å²) in [4.78, 5) is 122. The standard InChI is InChI=1S/C12H14N8O27/c21-13(22)37-1-3-5(7(43-16(27)28)10(46-19(33)34)12(40-3)47-20(35)36)41-11-9(45-18(31)32)8(44-17(29)30)6(42-15(25)26)4(39-11)2-38-14(23)24/h3-12H,1-2H2/t3-,4+,5+,6+,7+,8+,9+,10+,11-,12+/m0/s1. The summed E-state index contributed by atoms with van der Waals surface area (Å²) in [5.74, 6) is 0. The molecule has 0 radical (unpaired) electrons. The Hall–Kier alpha value is -6.52. The second kappa shape index (κ2) is 16.0. The normalized spacial score (nSPS) is 29.9. The maximum atomic E-state index is 11.3. The van der Waals surface area contributed by atoms with Gasteiger partial charge in [-0.2, -0.15) is 0 Å². The van der Waals surface area contributed by atoms with Crippen LogP contribution in [0.3, 0.4) is 0 Å². The summed E-state index contributed by atoms with van der Waals surface area (Å²) in [6.45, 7) is -2.95. The van der Waals surface area contributed by atoms with E-state index in [0.29, 0.717) is 0 Å². The van der Waals surface area contributed by atoms with Crippen LogP contribution in [0.5, 0.6) is 0 Å². The molecule has 0 saturated carbocycles. The van der Waals surface area contributed by atoms with E-state index in [1.54, 1.807) is 0 Å². The van der Waals surface area contributed by atoms with E-state index in [2.05, 4.69) is 38.7 Å². The van der Waals surface area contributed by atoms with Crippen molar-refractivity contribution in [3.63, 3.8) is 0 Å². The smallest absolute Gasteiger partial charge is 0.297 e. The summed E-state index contributed by atoms with van der Waals surface area (Å²) in [5, 5.41) is 75.3. The first kappa shape index (κ1) is 36.7. The summed E-state index contributed by atoms with van der Waals surface area (Å²) in [5.41, 5.74) is 0. The number of hydrogen-bond donors (Lipinski definition) is 0. The monoisotopic (exact) mass is 702 g/mol. The van der Waals surface area contributed by atoms with Gasteiger partial charge in [-0.1, -0.05) is 0 Å². The van der Waals surface area contributed by atoms with Gasteiger partial charge in [0.25, 0.3) is 40.7 Å². The lowest BCUT2D eigenvalue weighted by molar-refractivity contribution is -0.832. The highest BCUT2D eigenvalue weighted by molar-refractivity contribution is 4.95. The lowest BCUT2D eigenvalue weighted by Gasteiger charge is -2.47. The van der Waals surface area contributed by atoms with E-state index < -0.39 is 115 Å². The summed E-state index contributed by atoms with van der Waals surface area (Å²) in [6, 6.07) is 0. The number of nitrogens with zero attached hydrogens (tertiary/aromatic N) is 8. The van der Waals surface area contributed by atoms with E-state index in [9.17, 15) is 80.9 Å². The Balaban J connectivity index is 2.73. The van der Waals surface area contributed by atoms with Crippen LogP contribution in [0.4, 0.5) is 0 Å². The molecule has 47 heavy (non-hydrogen) atoms. The van der Waals surface area contributed by atoms with Gasteiger partial charge in [0.1, 0.15) is 31.5 Å². The molecular weight excluding hydrogens is 688 g/mol. The van der Waals surface area contributed by atoms with Crippen LogP contribution in [-0.2, 0) is 52.9 Å². The first-order valence-electron chi connectivity index (χ1n) is 11.3. The molecule has 10 atom stereocenters. The highest BCUT2D eigenvalue weighted by Crippen LogP contribution is 2.35. The quantitative estimate of drug-likeness (QED) is 0.0870. The van der Waals surface area contributed by atoms with Crippen molar-refractivity contribution in [3.8, 4) is 0 Å². The van der Waals surface area contributed by atoms with Crippen molar-refractivity contribution in [2.75, 3.05) is 13.2 Å². The van der Waals surface area contributed by atoms with Crippen LogP contribution in [0.2, 0.25) is 0 Å². The van der Waals surface area contributed by atoms with Crippen molar-refractivity contribution < 1.29 is 93.6 Å². The van der Waals surface area contributed by atoms with Gasteiger partial charge < -0.3 is 48.1 Å². The topological polar surface area (TPSA) is 447 Å². The first-order valence-corrected chi connectivity index (χ1v) is 11.3. The fourth-order valence-electron chi connectivity index (χ4n) is 3.98. The van der Waals surface area contributed by atoms with E-state index in [0.717, 1.165) is 0 Å². The lowest BCUT2D eigenvalue weighted by atomic mass is 9.96. The Labute approximate surface area is 250 Å². The van der Waals surface area contributed by atoms with Crippen LogP contribution in [0, 0.1) is 80.9 Å². The molecule has 2 rings (SSSR count). The van der Waals surface area contributed by atoms with Gasteiger partial charge >= 0.3 is 0 Å². The van der Waals surface area contributed by atoms with Gasteiger partial charge in [-0.25, -0.2) is 0 Å². The van der Waals surface area contributed by atoms with Crippen molar-refractivity contribution in [2.24, 2.45) is 0 Å². The van der Waals surface area contributed by atoms with Gasteiger partial charge in [0.15, 0.2) is 36.8 Å². The summed E-state index contributed by atoms with van der Waals surface area (Å²) < 4.78 is 15.4. The van der Waals surface area contributed by atoms with E-state index in [-0.39, 0.29) is 0 Å². The van der Waals surface area contributed by atoms with Crippen LogP contribution >= 0.6 is 0 Å². The molecule has 0 bridgehead atoms. The summed E-state index contributed by atoms with van der Waals surface area (Å²) in [7, 11) is 0. The highest BCUT2D eigenvalue weighted by Gasteiger charge is 2.58. The first-order chi connectivity index (χ1) is 21.9. The molecule has 0 spiro atoms. The minimum Gasteiger partial charge on any atom is -0.343 e. The molecule has 2 aliphatic heterocycles. The molecular formula is C12H14N8O27. The molecule has 35 heteroatoms. The zero-order valence-electron chi connectivity index (χ0n) is 21.8. The largest absolute Gasteiger partial charge is 0.343 e. The minimum atomic E-state index is -2.80. The molecule has 0 aromatic heterocycles. The maximum Gasteiger partial charge on any atom is 0.297 e. The van der Waals surface area contributed by atoms with Crippen molar-refractivity contribution in [1.82, 2.24) is 0 Å². The minimum absolute atomic E-state index is 1.47. The third-order valence-corrected chi connectivity index (χ3v) is 5.39. The highest BCUT2D eigenvalue weighted by atomic mass is 17.0. The van der Waals surface area contributed by atoms with Crippen LogP contribution < -0.4 is 0 Å². The molecule has 0 N–H and O–H groups in total. The Bertz CT molecular complexity index is 1220. The molecule has 0 aliphatic carbocycles. The average molecular weight is 702 g/mol. The lowest BCUT2D eigenvalue weighted by Crippen LogP contribution is -2.67. The van der Waals surface area contributed by atoms with E-state index >= 15 is 0 Å². The van der Waals surface area contributed by atoms with Crippen molar-refractivity contribution in [2.45, 2.75) is 61.4 Å². The number of hydrogen-bond acceptors (Lipinski definition) is 27. The second-order valence-corrected chi connectivity index (χ2v) is 8.02. The van der Waals surface area contributed by atoms with E-state index in [1.165, 1.54) is 0 Å².